The summed E-state index contributed by atoms with van der Waals surface area (Å²) < 4.78 is 5.57. The number of carboxylic acids is 1. The Labute approximate surface area is 107 Å². The SMILES string of the molecule is COC(CNc1ccc(Br)cc1C#N)C(=O)O. The Kier molecular flexibility index (Phi) is 4.94. The van der Waals surface area contributed by atoms with Crippen molar-refractivity contribution in [3.8, 4) is 6.07 Å². The van der Waals surface area contributed by atoms with Gasteiger partial charge in [0.25, 0.3) is 0 Å². The van der Waals surface area contributed by atoms with Crippen molar-refractivity contribution < 1.29 is 14.6 Å². The number of carbonyl (C=O) groups is 1. The highest BCUT2D eigenvalue weighted by atomic mass is 79.9. The molecule has 0 aromatic heterocycles. The molecule has 17 heavy (non-hydrogen) atoms. The number of hydrogen-bond donors (Lipinski definition) is 2. The van der Waals surface area contributed by atoms with E-state index in [1.807, 2.05) is 6.07 Å². The lowest BCUT2D eigenvalue weighted by Gasteiger charge is -2.13. The molecule has 0 radical (unpaired) electrons. The van der Waals surface area contributed by atoms with Crippen molar-refractivity contribution in [3.05, 3.63) is 28.2 Å². The summed E-state index contributed by atoms with van der Waals surface area (Å²) in [6.07, 6.45) is -0.940. The van der Waals surface area contributed by atoms with Gasteiger partial charge in [-0.2, -0.15) is 5.26 Å². The maximum atomic E-state index is 10.7. The molecular formula is C11H11BrN2O3. The lowest BCUT2D eigenvalue weighted by atomic mass is 10.2. The summed E-state index contributed by atoms with van der Waals surface area (Å²) in [5.74, 6) is -1.05. The van der Waals surface area contributed by atoms with Gasteiger partial charge in [-0.05, 0) is 18.2 Å². The number of halogens is 1. The van der Waals surface area contributed by atoms with Gasteiger partial charge in [0.2, 0.25) is 0 Å². The molecule has 2 N–H and O–H groups in total. The van der Waals surface area contributed by atoms with Crippen LogP contribution in [0.4, 0.5) is 5.69 Å². The highest BCUT2D eigenvalue weighted by Gasteiger charge is 2.16. The van der Waals surface area contributed by atoms with E-state index >= 15 is 0 Å². The van der Waals surface area contributed by atoms with Crippen LogP contribution >= 0.6 is 15.9 Å². The Balaban J connectivity index is 2.76. The molecule has 0 aliphatic heterocycles. The Hall–Kier alpha value is -1.58. The van der Waals surface area contributed by atoms with E-state index in [-0.39, 0.29) is 6.54 Å². The Morgan fingerprint density at radius 2 is 2.41 bits per heavy atom. The number of anilines is 1. The van der Waals surface area contributed by atoms with Crippen LogP contribution in [0.1, 0.15) is 5.56 Å². The molecule has 0 heterocycles. The maximum Gasteiger partial charge on any atom is 0.334 e. The molecule has 0 spiro atoms. The summed E-state index contributed by atoms with van der Waals surface area (Å²) >= 11 is 3.26. The minimum absolute atomic E-state index is 0.0994. The smallest absolute Gasteiger partial charge is 0.334 e. The molecule has 0 saturated carbocycles. The molecule has 0 bridgehead atoms. The number of rotatable bonds is 5. The molecule has 1 atom stereocenters. The number of benzene rings is 1. The standard InChI is InChI=1S/C11H11BrN2O3/c1-17-10(11(15)16)6-14-9-3-2-8(12)4-7(9)5-13/h2-4,10,14H,6H2,1H3,(H,15,16). The molecule has 90 valence electrons. The van der Waals surface area contributed by atoms with Gasteiger partial charge in [0.15, 0.2) is 6.10 Å². The zero-order valence-corrected chi connectivity index (χ0v) is 10.7. The van der Waals surface area contributed by atoms with Crippen LogP contribution < -0.4 is 5.32 Å². The molecule has 1 unspecified atom stereocenters. The van der Waals surface area contributed by atoms with Gasteiger partial charge >= 0.3 is 5.97 Å². The van der Waals surface area contributed by atoms with Gasteiger partial charge in [-0.15, -0.1) is 0 Å². The number of methoxy groups -OCH3 is 1. The first-order valence-electron chi connectivity index (χ1n) is 4.77. The van der Waals surface area contributed by atoms with E-state index in [4.69, 9.17) is 15.1 Å². The molecule has 0 aliphatic carbocycles. The number of hydrogen-bond acceptors (Lipinski definition) is 4. The molecule has 0 aliphatic rings. The van der Waals surface area contributed by atoms with Crippen molar-refractivity contribution in [3.63, 3.8) is 0 Å². The quantitative estimate of drug-likeness (QED) is 0.866. The predicted octanol–water partition coefficient (Wildman–Crippen LogP) is 1.83. The van der Waals surface area contributed by atoms with Crippen LogP contribution in [0.15, 0.2) is 22.7 Å². The van der Waals surface area contributed by atoms with Crippen LogP contribution in [0.3, 0.4) is 0 Å². The van der Waals surface area contributed by atoms with E-state index in [2.05, 4.69) is 21.2 Å². The third kappa shape index (κ3) is 3.73. The van der Waals surface area contributed by atoms with Gasteiger partial charge in [-0.1, -0.05) is 15.9 Å². The topological polar surface area (TPSA) is 82.3 Å². The number of nitrogens with zero attached hydrogens (tertiary/aromatic N) is 1. The lowest BCUT2D eigenvalue weighted by Crippen LogP contribution is -2.30. The number of nitriles is 1. The fourth-order valence-electron chi connectivity index (χ4n) is 1.24. The van der Waals surface area contributed by atoms with E-state index in [1.165, 1.54) is 7.11 Å². The average molecular weight is 299 g/mol. The largest absolute Gasteiger partial charge is 0.479 e. The first-order chi connectivity index (χ1) is 8.08. The van der Waals surface area contributed by atoms with Crippen molar-refractivity contribution in [2.24, 2.45) is 0 Å². The Morgan fingerprint density at radius 3 is 2.94 bits per heavy atom. The summed E-state index contributed by atoms with van der Waals surface area (Å²) in [5.41, 5.74) is 1.03. The first-order valence-corrected chi connectivity index (χ1v) is 5.57. The third-order valence-electron chi connectivity index (χ3n) is 2.14. The molecule has 0 amide bonds. The summed E-state index contributed by atoms with van der Waals surface area (Å²) in [5, 5.41) is 20.6. The van der Waals surface area contributed by atoms with Crippen molar-refractivity contribution >= 4 is 27.6 Å². The van der Waals surface area contributed by atoms with E-state index < -0.39 is 12.1 Å². The van der Waals surface area contributed by atoms with Crippen molar-refractivity contribution in [1.29, 1.82) is 5.26 Å². The van der Waals surface area contributed by atoms with Gasteiger partial charge in [0.1, 0.15) is 6.07 Å². The van der Waals surface area contributed by atoms with Crippen LogP contribution in [0.25, 0.3) is 0 Å². The molecule has 5 nitrogen and oxygen atoms in total. The highest BCUT2D eigenvalue weighted by molar-refractivity contribution is 9.10. The van der Waals surface area contributed by atoms with E-state index in [1.54, 1.807) is 18.2 Å². The van der Waals surface area contributed by atoms with Crippen LogP contribution in [-0.4, -0.2) is 30.8 Å². The second kappa shape index (κ2) is 6.23. The second-order valence-corrected chi connectivity index (χ2v) is 4.16. The van der Waals surface area contributed by atoms with Gasteiger partial charge in [-0.25, -0.2) is 4.79 Å². The predicted molar refractivity (Wildman–Crippen MR) is 65.8 cm³/mol. The summed E-state index contributed by atoms with van der Waals surface area (Å²) in [4.78, 5) is 10.7. The minimum atomic E-state index is -1.05. The van der Waals surface area contributed by atoms with Crippen LogP contribution in [0.5, 0.6) is 0 Å². The maximum absolute atomic E-state index is 10.7. The number of nitrogens with one attached hydrogen (secondary N) is 1. The van der Waals surface area contributed by atoms with Crippen LogP contribution in [0.2, 0.25) is 0 Å². The number of ether oxygens (including phenoxy) is 1. The molecule has 1 aromatic carbocycles. The highest BCUT2D eigenvalue weighted by Crippen LogP contribution is 2.20. The summed E-state index contributed by atoms with van der Waals surface area (Å²) in [6, 6.07) is 7.16. The Morgan fingerprint density at radius 1 is 1.71 bits per heavy atom. The Bertz CT molecular complexity index is 457. The molecule has 1 aromatic rings. The van der Waals surface area contributed by atoms with Crippen molar-refractivity contribution in [2.75, 3.05) is 19.0 Å². The normalized spacial score (nSPS) is 11.6. The minimum Gasteiger partial charge on any atom is -0.479 e. The average Bonchev–Trinajstić information content (AvgIpc) is 2.31. The zero-order chi connectivity index (χ0) is 12.8. The summed E-state index contributed by atoms with van der Waals surface area (Å²) in [7, 11) is 1.33. The van der Waals surface area contributed by atoms with Crippen molar-refractivity contribution in [2.45, 2.75) is 6.10 Å². The monoisotopic (exact) mass is 298 g/mol. The molecular weight excluding hydrogens is 288 g/mol. The van der Waals surface area contributed by atoms with E-state index in [0.717, 1.165) is 4.47 Å². The van der Waals surface area contributed by atoms with E-state index in [9.17, 15) is 4.79 Å². The van der Waals surface area contributed by atoms with Crippen LogP contribution in [-0.2, 0) is 9.53 Å². The fraction of sp³-hybridized carbons (Fsp3) is 0.273. The van der Waals surface area contributed by atoms with Gasteiger partial charge < -0.3 is 15.2 Å². The van der Waals surface area contributed by atoms with Crippen molar-refractivity contribution in [1.82, 2.24) is 0 Å². The molecule has 1 rings (SSSR count). The van der Waals surface area contributed by atoms with E-state index in [0.29, 0.717) is 11.3 Å². The van der Waals surface area contributed by atoms with Gasteiger partial charge in [0, 0.05) is 11.6 Å². The fourth-order valence-corrected chi connectivity index (χ4v) is 1.60. The van der Waals surface area contributed by atoms with Gasteiger partial charge in [-0.3, -0.25) is 0 Å². The zero-order valence-electron chi connectivity index (χ0n) is 9.11. The molecule has 6 heteroatoms. The third-order valence-corrected chi connectivity index (χ3v) is 2.63. The molecule has 0 saturated heterocycles. The summed E-state index contributed by atoms with van der Waals surface area (Å²) in [6.45, 7) is 0.0994. The number of aliphatic carboxylic acids is 1. The first kappa shape index (κ1) is 13.5. The molecule has 0 fully saturated rings. The number of carboxylic acid groups (broad SMARTS) is 1. The van der Waals surface area contributed by atoms with Crippen LogP contribution in [0, 0.1) is 11.3 Å². The van der Waals surface area contributed by atoms with Gasteiger partial charge in [0.05, 0.1) is 17.8 Å². The second-order valence-electron chi connectivity index (χ2n) is 3.25. The lowest BCUT2D eigenvalue weighted by molar-refractivity contribution is -0.147.